The molecule has 0 fully saturated rings. The first-order valence-electron chi connectivity index (χ1n) is 5.60. The number of hydrogen-bond acceptors (Lipinski definition) is 4. The van der Waals surface area contributed by atoms with Crippen molar-refractivity contribution in [2.24, 2.45) is 7.05 Å². The van der Waals surface area contributed by atoms with Crippen molar-refractivity contribution in [2.75, 3.05) is 13.1 Å². The van der Waals surface area contributed by atoms with Gasteiger partial charge in [-0.25, -0.2) is 0 Å². The highest BCUT2D eigenvalue weighted by Crippen LogP contribution is 2.07. The summed E-state index contributed by atoms with van der Waals surface area (Å²) in [5, 5.41) is 21.7. The van der Waals surface area contributed by atoms with E-state index in [0.29, 0.717) is 0 Å². The van der Waals surface area contributed by atoms with Gasteiger partial charge in [-0.3, -0.25) is 19.2 Å². The smallest absolute Gasteiger partial charge is 0.317 e. The molecule has 2 N–H and O–H groups in total. The zero-order chi connectivity index (χ0) is 13.7. The molecule has 0 atom stereocenters. The van der Waals surface area contributed by atoms with Gasteiger partial charge in [-0.15, -0.1) is 0 Å². The van der Waals surface area contributed by atoms with E-state index >= 15 is 0 Å². The van der Waals surface area contributed by atoms with Crippen LogP contribution in [-0.4, -0.2) is 49.9 Å². The summed E-state index contributed by atoms with van der Waals surface area (Å²) in [5.41, 5.74) is 1.70. The number of hydrogen-bond donors (Lipinski definition) is 2. The number of carbonyl (C=O) groups is 2. The molecule has 1 rings (SSSR count). The third kappa shape index (κ3) is 4.17. The Morgan fingerprint density at radius 3 is 2.28 bits per heavy atom. The van der Waals surface area contributed by atoms with Gasteiger partial charge in [0.2, 0.25) is 0 Å². The van der Waals surface area contributed by atoms with Crippen LogP contribution < -0.4 is 0 Å². The lowest BCUT2D eigenvalue weighted by Crippen LogP contribution is -2.34. The summed E-state index contributed by atoms with van der Waals surface area (Å²) in [6.07, 6.45) is 0.783. The van der Waals surface area contributed by atoms with Crippen molar-refractivity contribution >= 4 is 11.9 Å². The van der Waals surface area contributed by atoms with Crippen LogP contribution in [0.25, 0.3) is 0 Å². The molecule has 1 aromatic heterocycles. The van der Waals surface area contributed by atoms with E-state index in [4.69, 9.17) is 10.2 Å². The Morgan fingerprint density at radius 1 is 1.33 bits per heavy atom. The third-order valence-corrected chi connectivity index (χ3v) is 2.49. The standard InChI is InChI=1S/C11H17N3O4/c1-3-8-4-9(13(2)12-8)5-14(6-10(15)16)7-11(17)18/h4H,3,5-7H2,1-2H3,(H,15,16)(H,17,18). The van der Waals surface area contributed by atoms with E-state index in [-0.39, 0.29) is 19.6 Å². The van der Waals surface area contributed by atoms with Gasteiger partial charge in [-0.2, -0.15) is 5.10 Å². The van der Waals surface area contributed by atoms with Gasteiger partial charge in [-0.1, -0.05) is 6.92 Å². The SMILES string of the molecule is CCc1cc(CN(CC(=O)O)CC(=O)O)n(C)n1. The average molecular weight is 255 g/mol. The Kier molecular flexibility index (Phi) is 4.85. The first-order chi connectivity index (χ1) is 8.42. The number of carboxylic acid groups (broad SMARTS) is 2. The summed E-state index contributed by atoms with van der Waals surface area (Å²) in [4.78, 5) is 22.7. The highest BCUT2D eigenvalue weighted by molar-refractivity contribution is 5.72. The van der Waals surface area contributed by atoms with Crippen molar-refractivity contribution in [3.8, 4) is 0 Å². The van der Waals surface area contributed by atoms with Crippen LogP contribution in [0.3, 0.4) is 0 Å². The molecule has 1 aromatic rings. The molecular formula is C11H17N3O4. The van der Waals surface area contributed by atoms with Crippen molar-refractivity contribution in [1.82, 2.24) is 14.7 Å². The van der Waals surface area contributed by atoms with Crippen LogP contribution in [0.5, 0.6) is 0 Å². The first-order valence-corrected chi connectivity index (χ1v) is 5.60. The molecule has 7 heteroatoms. The van der Waals surface area contributed by atoms with Gasteiger partial charge in [0.05, 0.1) is 24.5 Å². The van der Waals surface area contributed by atoms with E-state index in [1.807, 2.05) is 13.0 Å². The van der Waals surface area contributed by atoms with Crippen LogP contribution in [0, 0.1) is 0 Å². The van der Waals surface area contributed by atoms with E-state index in [2.05, 4.69) is 5.10 Å². The second-order valence-electron chi connectivity index (χ2n) is 4.04. The number of rotatable bonds is 7. The minimum Gasteiger partial charge on any atom is -0.480 e. The molecule has 0 saturated heterocycles. The van der Waals surface area contributed by atoms with Gasteiger partial charge in [0, 0.05) is 13.6 Å². The Bertz CT molecular complexity index is 425. The van der Waals surface area contributed by atoms with Gasteiger partial charge in [-0.05, 0) is 12.5 Å². The number of carboxylic acids is 2. The van der Waals surface area contributed by atoms with Crippen molar-refractivity contribution in [3.05, 3.63) is 17.5 Å². The Morgan fingerprint density at radius 2 is 1.89 bits per heavy atom. The molecule has 0 unspecified atom stereocenters. The molecule has 0 bridgehead atoms. The lowest BCUT2D eigenvalue weighted by Gasteiger charge is -2.17. The quantitative estimate of drug-likeness (QED) is 0.709. The van der Waals surface area contributed by atoms with E-state index in [1.54, 1.807) is 11.7 Å². The molecular weight excluding hydrogens is 238 g/mol. The second kappa shape index (κ2) is 6.15. The molecule has 0 aliphatic carbocycles. The average Bonchev–Trinajstić information content (AvgIpc) is 2.57. The predicted octanol–water partition coefficient (Wildman–Crippen LogP) is -0.0463. The normalized spacial score (nSPS) is 10.8. The lowest BCUT2D eigenvalue weighted by molar-refractivity contribution is -0.142. The maximum Gasteiger partial charge on any atom is 0.317 e. The fraction of sp³-hybridized carbons (Fsp3) is 0.545. The molecule has 100 valence electrons. The van der Waals surface area contributed by atoms with Crippen LogP contribution in [-0.2, 0) is 29.6 Å². The van der Waals surface area contributed by atoms with Crippen LogP contribution >= 0.6 is 0 Å². The molecule has 0 aromatic carbocycles. The Hall–Kier alpha value is -1.89. The summed E-state index contributed by atoms with van der Waals surface area (Å²) in [5.74, 6) is -2.09. The van der Waals surface area contributed by atoms with Gasteiger partial charge in [0.15, 0.2) is 0 Å². The largest absolute Gasteiger partial charge is 0.480 e. The number of aliphatic carboxylic acids is 2. The molecule has 7 nitrogen and oxygen atoms in total. The summed E-state index contributed by atoms with van der Waals surface area (Å²) in [6, 6.07) is 1.86. The van der Waals surface area contributed by atoms with Crippen molar-refractivity contribution in [1.29, 1.82) is 0 Å². The Labute approximate surface area is 105 Å². The lowest BCUT2D eigenvalue weighted by atomic mass is 10.3. The predicted molar refractivity (Wildman–Crippen MR) is 63.1 cm³/mol. The molecule has 0 aliphatic rings. The second-order valence-corrected chi connectivity index (χ2v) is 4.04. The minimum atomic E-state index is -1.05. The summed E-state index contributed by atoms with van der Waals surface area (Å²) in [7, 11) is 1.76. The highest BCUT2D eigenvalue weighted by Gasteiger charge is 2.16. The van der Waals surface area contributed by atoms with Crippen LogP contribution in [0.15, 0.2) is 6.07 Å². The minimum absolute atomic E-state index is 0.252. The zero-order valence-corrected chi connectivity index (χ0v) is 10.5. The maximum absolute atomic E-state index is 10.7. The van der Waals surface area contributed by atoms with E-state index < -0.39 is 11.9 Å². The fourth-order valence-electron chi connectivity index (χ4n) is 1.67. The number of aryl methyl sites for hydroxylation is 2. The molecule has 0 amide bonds. The topological polar surface area (TPSA) is 95.7 Å². The molecule has 0 radical (unpaired) electrons. The summed E-state index contributed by atoms with van der Waals surface area (Å²) < 4.78 is 1.65. The van der Waals surface area contributed by atoms with Crippen molar-refractivity contribution < 1.29 is 19.8 Å². The molecule has 1 heterocycles. The van der Waals surface area contributed by atoms with Crippen LogP contribution in [0.1, 0.15) is 18.3 Å². The van der Waals surface area contributed by atoms with Crippen molar-refractivity contribution in [3.63, 3.8) is 0 Å². The van der Waals surface area contributed by atoms with Gasteiger partial charge in [0.25, 0.3) is 0 Å². The first kappa shape index (κ1) is 14.2. The summed E-state index contributed by atoms with van der Waals surface area (Å²) in [6.45, 7) is 1.61. The van der Waals surface area contributed by atoms with Crippen molar-refractivity contribution in [2.45, 2.75) is 19.9 Å². The Balaban J connectivity index is 2.77. The summed E-state index contributed by atoms with van der Waals surface area (Å²) >= 11 is 0. The molecule has 0 spiro atoms. The van der Waals surface area contributed by atoms with E-state index in [0.717, 1.165) is 17.8 Å². The van der Waals surface area contributed by atoms with Gasteiger partial charge < -0.3 is 10.2 Å². The fourth-order valence-corrected chi connectivity index (χ4v) is 1.67. The monoisotopic (exact) mass is 255 g/mol. The van der Waals surface area contributed by atoms with E-state index in [1.165, 1.54) is 4.90 Å². The van der Waals surface area contributed by atoms with E-state index in [9.17, 15) is 9.59 Å². The van der Waals surface area contributed by atoms with Crippen LogP contribution in [0.4, 0.5) is 0 Å². The van der Waals surface area contributed by atoms with Gasteiger partial charge >= 0.3 is 11.9 Å². The molecule has 0 aliphatic heterocycles. The molecule has 18 heavy (non-hydrogen) atoms. The van der Waals surface area contributed by atoms with Crippen LogP contribution in [0.2, 0.25) is 0 Å². The zero-order valence-electron chi connectivity index (χ0n) is 10.5. The number of aromatic nitrogens is 2. The van der Waals surface area contributed by atoms with Gasteiger partial charge in [0.1, 0.15) is 0 Å². The number of nitrogens with zero attached hydrogens (tertiary/aromatic N) is 3. The highest BCUT2D eigenvalue weighted by atomic mass is 16.4. The molecule has 0 saturated carbocycles. The third-order valence-electron chi connectivity index (χ3n) is 2.49. The maximum atomic E-state index is 10.7.